The van der Waals surface area contributed by atoms with Crippen LogP contribution in [0, 0.1) is 11.3 Å². The normalized spacial score (nSPS) is 21.6. The summed E-state index contributed by atoms with van der Waals surface area (Å²) in [6.45, 7) is 6.46. The Morgan fingerprint density at radius 3 is 2.42 bits per heavy atom. The van der Waals surface area contributed by atoms with Gasteiger partial charge >= 0.3 is 5.97 Å². The van der Waals surface area contributed by atoms with Crippen molar-refractivity contribution in [1.82, 2.24) is 0 Å². The zero-order valence-electron chi connectivity index (χ0n) is 8.22. The van der Waals surface area contributed by atoms with Crippen molar-refractivity contribution in [2.75, 3.05) is 6.61 Å². The molecule has 1 aliphatic rings. The fourth-order valence-corrected chi connectivity index (χ4v) is 1.62. The molecule has 1 saturated carbocycles. The molecule has 1 rings (SSSR count). The second-order valence-electron chi connectivity index (χ2n) is 3.77. The predicted molar refractivity (Wildman–Crippen MR) is 47.8 cm³/mol. The monoisotopic (exact) mass is 170 g/mol. The first-order valence-corrected chi connectivity index (χ1v) is 4.82. The Labute approximate surface area is 74.3 Å². The maximum atomic E-state index is 11.6. The third-order valence-corrected chi connectivity index (χ3v) is 2.95. The minimum atomic E-state index is -0.198. The average molecular weight is 170 g/mol. The Bertz CT molecular complexity index is 173. The summed E-state index contributed by atoms with van der Waals surface area (Å²) in [6, 6.07) is 0. The minimum Gasteiger partial charge on any atom is -0.466 e. The Balaban J connectivity index is 2.58. The van der Waals surface area contributed by atoms with Gasteiger partial charge in [-0.2, -0.15) is 0 Å². The molecule has 0 N–H and O–H groups in total. The highest BCUT2D eigenvalue weighted by Gasteiger charge is 2.46. The van der Waals surface area contributed by atoms with E-state index in [-0.39, 0.29) is 11.4 Å². The molecule has 0 aliphatic heterocycles. The van der Waals surface area contributed by atoms with Crippen molar-refractivity contribution in [3.8, 4) is 0 Å². The summed E-state index contributed by atoms with van der Waals surface area (Å²) in [5.41, 5.74) is -0.198. The molecule has 0 aromatic rings. The summed E-state index contributed by atoms with van der Waals surface area (Å²) < 4.78 is 5.06. The molecular formula is C10H18O2. The second kappa shape index (κ2) is 3.46. The Morgan fingerprint density at radius 2 is 2.08 bits per heavy atom. The molecule has 1 fully saturated rings. The van der Waals surface area contributed by atoms with Crippen LogP contribution in [0.25, 0.3) is 0 Å². The molecular weight excluding hydrogens is 152 g/mol. The van der Waals surface area contributed by atoms with Crippen LogP contribution in [0.2, 0.25) is 0 Å². The molecule has 12 heavy (non-hydrogen) atoms. The number of carbonyl (C=O) groups is 1. The lowest BCUT2D eigenvalue weighted by Gasteiger charge is -2.25. The quantitative estimate of drug-likeness (QED) is 0.605. The average Bonchev–Trinajstić information content (AvgIpc) is 2.86. The Hall–Kier alpha value is -0.530. The smallest absolute Gasteiger partial charge is 0.312 e. The third kappa shape index (κ3) is 1.62. The molecule has 1 atom stereocenters. The van der Waals surface area contributed by atoms with Crippen molar-refractivity contribution < 1.29 is 9.53 Å². The summed E-state index contributed by atoms with van der Waals surface area (Å²) in [4.78, 5) is 11.6. The van der Waals surface area contributed by atoms with Crippen LogP contribution in [0.5, 0.6) is 0 Å². The van der Waals surface area contributed by atoms with Gasteiger partial charge in [0.15, 0.2) is 0 Å². The van der Waals surface area contributed by atoms with Gasteiger partial charge in [0.2, 0.25) is 0 Å². The first kappa shape index (κ1) is 9.56. The van der Waals surface area contributed by atoms with Crippen LogP contribution >= 0.6 is 0 Å². The minimum absolute atomic E-state index is 0.00463. The van der Waals surface area contributed by atoms with E-state index in [0.29, 0.717) is 12.5 Å². The van der Waals surface area contributed by atoms with Crippen molar-refractivity contribution in [2.45, 2.75) is 40.0 Å². The van der Waals surface area contributed by atoms with Gasteiger partial charge in [0.1, 0.15) is 0 Å². The van der Waals surface area contributed by atoms with Gasteiger partial charge in [-0.15, -0.1) is 0 Å². The van der Waals surface area contributed by atoms with Crippen molar-refractivity contribution in [3.63, 3.8) is 0 Å². The van der Waals surface area contributed by atoms with E-state index in [1.54, 1.807) is 0 Å². The van der Waals surface area contributed by atoms with Gasteiger partial charge in [-0.25, -0.2) is 0 Å². The van der Waals surface area contributed by atoms with Gasteiger partial charge in [-0.3, -0.25) is 4.79 Å². The van der Waals surface area contributed by atoms with Crippen LogP contribution in [0.15, 0.2) is 0 Å². The van der Waals surface area contributed by atoms with E-state index in [2.05, 4.69) is 6.92 Å². The van der Waals surface area contributed by atoms with Gasteiger partial charge < -0.3 is 4.74 Å². The molecule has 0 radical (unpaired) electrons. The molecule has 0 spiro atoms. The van der Waals surface area contributed by atoms with Gasteiger partial charge in [0, 0.05) is 0 Å². The van der Waals surface area contributed by atoms with Crippen molar-refractivity contribution in [1.29, 1.82) is 0 Å². The topological polar surface area (TPSA) is 26.3 Å². The summed E-state index contributed by atoms with van der Waals surface area (Å²) >= 11 is 0. The zero-order valence-corrected chi connectivity index (χ0v) is 8.22. The maximum Gasteiger partial charge on any atom is 0.312 e. The van der Waals surface area contributed by atoms with E-state index in [4.69, 9.17) is 4.74 Å². The van der Waals surface area contributed by atoms with Crippen LogP contribution in [0.1, 0.15) is 40.0 Å². The number of hydrogen-bond donors (Lipinski definition) is 0. The number of rotatable bonds is 4. The fourth-order valence-electron chi connectivity index (χ4n) is 1.62. The lowest BCUT2D eigenvalue weighted by molar-refractivity contribution is -0.156. The van der Waals surface area contributed by atoms with Crippen LogP contribution < -0.4 is 0 Å². The van der Waals surface area contributed by atoms with Crippen LogP contribution in [-0.2, 0) is 9.53 Å². The Kier molecular flexibility index (Phi) is 2.76. The van der Waals surface area contributed by atoms with Crippen LogP contribution in [0.3, 0.4) is 0 Å². The number of ether oxygens (including phenoxy) is 1. The molecule has 0 aromatic heterocycles. The van der Waals surface area contributed by atoms with E-state index in [1.165, 1.54) is 12.8 Å². The first-order valence-electron chi connectivity index (χ1n) is 4.82. The molecule has 2 heteroatoms. The molecule has 0 heterocycles. The van der Waals surface area contributed by atoms with Crippen molar-refractivity contribution in [3.05, 3.63) is 0 Å². The van der Waals surface area contributed by atoms with E-state index >= 15 is 0 Å². The van der Waals surface area contributed by atoms with Gasteiger partial charge in [0.05, 0.1) is 12.0 Å². The largest absolute Gasteiger partial charge is 0.466 e. The number of carbonyl (C=O) groups excluding carboxylic acids is 1. The van der Waals surface area contributed by atoms with Gasteiger partial charge in [-0.05, 0) is 39.0 Å². The standard InChI is InChI=1S/C10H18O2/c1-4-10(3,8-6-7-8)9(11)12-5-2/h8H,4-7H2,1-3H3. The SMILES string of the molecule is CCOC(=O)C(C)(CC)C1CC1. The lowest BCUT2D eigenvalue weighted by Crippen LogP contribution is -2.31. The zero-order chi connectivity index (χ0) is 9.19. The number of esters is 1. The summed E-state index contributed by atoms with van der Waals surface area (Å²) in [5.74, 6) is 0.580. The van der Waals surface area contributed by atoms with E-state index < -0.39 is 0 Å². The Morgan fingerprint density at radius 1 is 1.50 bits per heavy atom. The molecule has 70 valence electrons. The highest BCUT2D eigenvalue weighted by molar-refractivity contribution is 5.77. The predicted octanol–water partition coefficient (Wildman–Crippen LogP) is 2.38. The van der Waals surface area contributed by atoms with Crippen molar-refractivity contribution >= 4 is 5.97 Å². The first-order chi connectivity index (χ1) is 5.65. The summed E-state index contributed by atoms with van der Waals surface area (Å²) in [5, 5.41) is 0. The molecule has 0 bridgehead atoms. The van der Waals surface area contributed by atoms with E-state index in [9.17, 15) is 4.79 Å². The lowest BCUT2D eigenvalue weighted by atomic mass is 9.82. The second-order valence-corrected chi connectivity index (χ2v) is 3.77. The van der Waals surface area contributed by atoms with E-state index in [0.717, 1.165) is 6.42 Å². The maximum absolute atomic E-state index is 11.6. The summed E-state index contributed by atoms with van der Waals surface area (Å²) in [7, 11) is 0. The van der Waals surface area contributed by atoms with Crippen molar-refractivity contribution in [2.24, 2.45) is 11.3 Å². The summed E-state index contributed by atoms with van der Waals surface area (Å²) in [6.07, 6.45) is 3.29. The highest BCUT2D eigenvalue weighted by Crippen LogP contribution is 2.48. The molecule has 0 aromatic carbocycles. The molecule has 1 unspecified atom stereocenters. The molecule has 1 aliphatic carbocycles. The van der Waals surface area contributed by atoms with Gasteiger partial charge in [0.25, 0.3) is 0 Å². The van der Waals surface area contributed by atoms with Crippen LogP contribution in [-0.4, -0.2) is 12.6 Å². The molecule has 0 amide bonds. The fraction of sp³-hybridized carbons (Fsp3) is 0.900. The van der Waals surface area contributed by atoms with Gasteiger partial charge in [-0.1, -0.05) is 6.92 Å². The molecule has 0 saturated heterocycles. The van der Waals surface area contributed by atoms with E-state index in [1.807, 2.05) is 13.8 Å². The van der Waals surface area contributed by atoms with Crippen LogP contribution in [0.4, 0.5) is 0 Å². The molecule has 2 nitrogen and oxygen atoms in total. The number of hydrogen-bond acceptors (Lipinski definition) is 2. The third-order valence-electron chi connectivity index (χ3n) is 2.95. The highest BCUT2D eigenvalue weighted by atomic mass is 16.5.